The van der Waals surface area contributed by atoms with E-state index in [2.05, 4.69) is 5.32 Å². The smallest absolute Gasteiger partial charge is 0.325 e. The summed E-state index contributed by atoms with van der Waals surface area (Å²) in [5, 5.41) is 2.45. The fourth-order valence-corrected chi connectivity index (χ4v) is 2.33. The van der Waals surface area contributed by atoms with Crippen molar-refractivity contribution in [3.8, 4) is 5.75 Å². The molecule has 1 atom stereocenters. The van der Waals surface area contributed by atoms with E-state index >= 15 is 0 Å². The summed E-state index contributed by atoms with van der Waals surface area (Å²) in [5.74, 6) is -0.721. The number of nitrogens with one attached hydrogen (secondary N) is 1. The zero-order chi connectivity index (χ0) is 18.2. The Balaban J connectivity index is 1.70. The fraction of sp³-hybridized carbons (Fsp3) is 0.471. The Morgan fingerprint density at radius 1 is 1.28 bits per heavy atom. The summed E-state index contributed by atoms with van der Waals surface area (Å²) in [4.78, 5) is 37.2. The number of nitrogens with zero attached hydrogens (tertiary/aromatic N) is 1. The van der Waals surface area contributed by atoms with Crippen molar-refractivity contribution < 1.29 is 28.6 Å². The summed E-state index contributed by atoms with van der Waals surface area (Å²) in [6.45, 7) is 2.65. The molecule has 1 heterocycles. The second-order valence-corrected chi connectivity index (χ2v) is 5.59. The number of hydrogen-bond donors (Lipinski definition) is 1. The lowest BCUT2D eigenvalue weighted by Crippen LogP contribution is -2.46. The number of methoxy groups -OCH3 is 1. The van der Waals surface area contributed by atoms with Gasteiger partial charge in [0, 0.05) is 18.7 Å². The highest BCUT2D eigenvalue weighted by Gasteiger charge is 2.22. The highest BCUT2D eigenvalue weighted by molar-refractivity contribution is 5.96. The Kier molecular flexibility index (Phi) is 6.76. The molecule has 25 heavy (non-hydrogen) atoms. The summed E-state index contributed by atoms with van der Waals surface area (Å²) < 4.78 is 15.3. The van der Waals surface area contributed by atoms with Gasteiger partial charge in [-0.15, -0.1) is 0 Å². The minimum atomic E-state index is -0.670. The normalized spacial score (nSPS) is 16.9. The SMILES string of the molecule is COc1ccc(C(=O)NCC(=O)OCC(=O)N2CCOC(C)C2)cc1. The number of rotatable bonds is 6. The first-order chi connectivity index (χ1) is 12.0. The van der Waals surface area contributed by atoms with Gasteiger partial charge in [-0.25, -0.2) is 0 Å². The van der Waals surface area contributed by atoms with Gasteiger partial charge in [-0.1, -0.05) is 0 Å². The molecule has 1 unspecified atom stereocenters. The Labute approximate surface area is 146 Å². The minimum absolute atomic E-state index is 0.0304. The standard InChI is InChI=1S/C17H22N2O6/c1-12-10-19(7-8-24-12)15(20)11-25-16(21)9-18-17(22)13-3-5-14(23-2)6-4-13/h3-6,12H,7-11H2,1-2H3,(H,18,22). The topological polar surface area (TPSA) is 94.2 Å². The number of ether oxygens (including phenoxy) is 3. The van der Waals surface area contributed by atoms with Crippen molar-refractivity contribution in [1.82, 2.24) is 10.2 Å². The summed E-state index contributed by atoms with van der Waals surface area (Å²) in [7, 11) is 1.53. The van der Waals surface area contributed by atoms with Gasteiger partial charge < -0.3 is 24.4 Å². The summed E-state index contributed by atoms with van der Waals surface area (Å²) in [6.07, 6.45) is -0.0304. The van der Waals surface area contributed by atoms with Gasteiger partial charge in [-0.05, 0) is 31.2 Å². The van der Waals surface area contributed by atoms with Gasteiger partial charge in [-0.3, -0.25) is 14.4 Å². The highest BCUT2D eigenvalue weighted by atomic mass is 16.5. The van der Waals surface area contributed by atoms with Crippen molar-refractivity contribution in [3.05, 3.63) is 29.8 Å². The summed E-state index contributed by atoms with van der Waals surface area (Å²) in [6, 6.07) is 6.47. The van der Waals surface area contributed by atoms with Crippen LogP contribution in [0.4, 0.5) is 0 Å². The molecule has 2 rings (SSSR count). The number of hydrogen-bond acceptors (Lipinski definition) is 6. The molecule has 1 aromatic rings. The molecule has 136 valence electrons. The second kappa shape index (κ2) is 9.03. The molecule has 1 aromatic carbocycles. The molecule has 0 saturated carbocycles. The van der Waals surface area contributed by atoms with Crippen molar-refractivity contribution in [2.75, 3.05) is 40.0 Å². The summed E-state index contributed by atoms with van der Waals surface area (Å²) >= 11 is 0. The molecular formula is C17H22N2O6. The van der Waals surface area contributed by atoms with Crippen LogP contribution in [0.25, 0.3) is 0 Å². The average Bonchev–Trinajstić information content (AvgIpc) is 2.64. The molecule has 8 heteroatoms. The third-order valence-corrected chi connectivity index (χ3v) is 3.70. The van der Waals surface area contributed by atoms with Crippen LogP contribution >= 0.6 is 0 Å². The van der Waals surface area contributed by atoms with E-state index < -0.39 is 11.9 Å². The van der Waals surface area contributed by atoms with Gasteiger partial charge in [0.05, 0.1) is 19.8 Å². The lowest BCUT2D eigenvalue weighted by molar-refractivity contribution is -0.154. The predicted octanol–water partition coefficient (Wildman–Crippen LogP) is 0.216. The van der Waals surface area contributed by atoms with Gasteiger partial charge in [0.25, 0.3) is 11.8 Å². The van der Waals surface area contributed by atoms with E-state index in [1.807, 2.05) is 6.92 Å². The lowest BCUT2D eigenvalue weighted by Gasteiger charge is -2.30. The number of carbonyl (C=O) groups excluding carboxylic acids is 3. The van der Waals surface area contributed by atoms with Gasteiger partial charge in [0.1, 0.15) is 12.3 Å². The van der Waals surface area contributed by atoms with Crippen LogP contribution in [0.2, 0.25) is 0 Å². The van der Waals surface area contributed by atoms with Crippen LogP contribution in [0, 0.1) is 0 Å². The number of esters is 1. The molecule has 1 fully saturated rings. The van der Waals surface area contributed by atoms with Crippen molar-refractivity contribution in [2.45, 2.75) is 13.0 Å². The van der Waals surface area contributed by atoms with E-state index in [9.17, 15) is 14.4 Å². The Morgan fingerprint density at radius 2 is 2.00 bits per heavy atom. The van der Waals surface area contributed by atoms with Crippen molar-refractivity contribution >= 4 is 17.8 Å². The number of amides is 2. The second-order valence-electron chi connectivity index (χ2n) is 5.59. The molecule has 1 aliphatic heterocycles. The fourth-order valence-electron chi connectivity index (χ4n) is 2.33. The van der Waals surface area contributed by atoms with Crippen LogP contribution in [-0.4, -0.2) is 68.7 Å². The predicted molar refractivity (Wildman–Crippen MR) is 88.3 cm³/mol. The molecule has 0 radical (unpaired) electrons. The van der Waals surface area contributed by atoms with E-state index in [0.717, 1.165) is 0 Å². The van der Waals surface area contributed by atoms with Crippen molar-refractivity contribution in [1.29, 1.82) is 0 Å². The summed E-state index contributed by atoms with van der Waals surface area (Å²) in [5.41, 5.74) is 0.395. The molecule has 0 aliphatic carbocycles. The number of carbonyl (C=O) groups is 3. The molecule has 0 bridgehead atoms. The van der Waals surface area contributed by atoms with E-state index in [0.29, 0.717) is 31.0 Å². The van der Waals surface area contributed by atoms with Crippen molar-refractivity contribution in [2.24, 2.45) is 0 Å². The largest absolute Gasteiger partial charge is 0.497 e. The lowest BCUT2D eigenvalue weighted by atomic mass is 10.2. The van der Waals surface area contributed by atoms with Crippen LogP contribution in [0.5, 0.6) is 5.75 Å². The van der Waals surface area contributed by atoms with Crippen LogP contribution in [0.15, 0.2) is 24.3 Å². The molecule has 0 spiro atoms. The van der Waals surface area contributed by atoms with E-state index in [-0.39, 0.29) is 25.2 Å². The Morgan fingerprint density at radius 3 is 2.64 bits per heavy atom. The maximum atomic E-state index is 12.0. The number of morpholine rings is 1. The van der Waals surface area contributed by atoms with Gasteiger partial charge >= 0.3 is 5.97 Å². The van der Waals surface area contributed by atoms with Crippen LogP contribution in [0.1, 0.15) is 17.3 Å². The zero-order valence-corrected chi connectivity index (χ0v) is 14.3. The third-order valence-electron chi connectivity index (χ3n) is 3.70. The van der Waals surface area contributed by atoms with Gasteiger partial charge in [0.2, 0.25) is 0 Å². The molecule has 0 aromatic heterocycles. The van der Waals surface area contributed by atoms with E-state index in [1.54, 1.807) is 29.2 Å². The van der Waals surface area contributed by atoms with E-state index in [4.69, 9.17) is 14.2 Å². The van der Waals surface area contributed by atoms with Crippen molar-refractivity contribution in [3.63, 3.8) is 0 Å². The molecule has 8 nitrogen and oxygen atoms in total. The van der Waals surface area contributed by atoms with E-state index in [1.165, 1.54) is 7.11 Å². The van der Waals surface area contributed by atoms with Crippen LogP contribution in [0.3, 0.4) is 0 Å². The molecule has 1 N–H and O–H groups in total. The molecule has 1 aliphatic rings. The Bertz CT molecular complexity index is 616. The first-order valence-corrected chi connectivity index (χ1v) is 7.97. The Hall–Kier alpha value is -2.61. The minimum Gasteiger partial charge on any atom is -0.497 e. The maximum Gasteiger partial charge on any atom is 0.325 e. The molecule has 1 saturated heterocycles. The zero-order valence-electron chi connectivity index (χ0n) is 14.3. The third kappa shape index (κ3) is 5.75. The highest BCUT2D eigenvalue weighted by Crippen LogP contribution is 2.11. The monoisotopic (exact) mass is 350 g/mol. The average molecular weight is 350 g/mol. The first kappa shape index (κ1) is 18.7. The van der Waals surface area contributed by atoms with Crippen LogP contribution in [-0.2, 0) is 19.1 Å². The maximum absolute atomic E-state index is 12.0. The van der Waals surface area contributed by atoms with Crippen LogP contribution < -0.4 is 10.1 Å². The van der Waals surface area contributed by atoms with Gasteiger partial charge in [-0.2, -0.15) is 0 Å². The molecule has 2 amide bonds. The quantitative estimate of drug-likeness (QED) is 0.738. The molecular weight excluding hydrogens is 328 g/mol. The van der Waals surface area contributed by atoms with Gasteiger partial charge in [0.15, 0.2) is 6.61 Å². The number of benzene rings is 1. The first-order valence-electron chi connectivity index (χ1n) is 7.97.